The van der Waals surface area contributed by atoms with Gasteiger partial charge in [-0.05, 0) is 38.7 Å². The fraction of sp³-hybridized carbons (Fsp3) is 0.538. The average molecular weight is 220 g/mol. The first-order chi connectivity index (χ1) is 7.69. The fourth-order valence-corrected chi connectivity index (χ4v) is 1.93. The summed E-state index contributed by atoms with van der Waals surface area (Å²) in [5, 5.41) is 3.48. The van der Waals surface area contributed by atoms with Gasteiger partial charge in [-0.15, -0.1) is 0 Å². The van der Waals surface area contributed by atoms with Crippen LogP contribution in [0.1, 0.15) is 26.7 Å². The smallest absolute Gasteiger partial charge is 0.123 e. The molecule has 0 saturated heterocycles. The monoisotopic (exact) mass is 220 g/mol. The molecule has 3 nitrogen and oxygen atoms in total. The van der Waals surface area contributed by atoms with Crippen LogP contribution in [0.15, 0.2) is 18.2 Å². The van der Waals surface area contributed by atoms with Gasteiger partial charge in [-0.25, -0.2) is 0 Å². The van der Waals surface area contributed by atoms with E-state index in [1.807, 2.05) is 25.1 Å². The topological polar surface area (TPSA) is 47.3 Å². The number of hydrogen-bond acceptors (Lipinski definition) is 3. The number of rotatable bonds is 5. The van der Waals surface area contributed by atoms with Crippen molar-refractivity contribution in [2.45, 2.75) is 32.7 Å². The molecule has 0 amide bonds. The van der Waals surface area contributed by atoms with Crippen LogP contribution in [0.5, 0.6) is 5.75 Å². The quantitative estimate of drug-likeness (QED) is 0.750. The number of nitrogens with one attached hydrogen (secondary N) is 1. The molecule has 1 saturated carbocycles. The Kier molecular flexibility index (Phi) is 3.22. The Morgan fingerprint density at radius 3 is 2.81 bits per heavy atom. The molecule has 88 valence electrons. The molecule has 1 aromatic rings. The van der Waals surface area contributed by atoms with E-state index < -0.39 is 0 Å². The second kappa shape index (κ2) is 4.64. The van der Waals surface area contributed by atoms with Gasteiger partial charge in [0.1, 0.15) is 5.75 Å². The first-order valence-electron chi connectivity index (χ1n) is 5.99. The summed E-state index contributed by atoms with van der Waals surface area (Å²) in [7, 11) is 0. The van der Waals surface area contributed by atoms with E-state index in [1.165, 1.54) is 12.8 Å². The standard InChI is InChI=1S/C13H20N2O/c1-3-16-13-7-11(14)6-12(8-13)15-9(2)10-4-5-10/h6-10,15H,3-5,14H2,1-2H3. The molecule has 1 aliphatic carbocycles. The largest absolute Gasteiger partial charge is 0.494 e. The molecule has 0 spiro atoms. The van der Waals surface area contributed by atoms with Crippen LogP contribution in [0.25, 0.3) is 0 Å². The molecular weight excluding hydrogens is 200 g/mol. The summed E-state index contributed by atoms with van der Waals surface area (Å²) in [4.78, 5) is 0. The molecule has 1 aliphatic rings. The zero-order valence-electron chi connectivity index (χ0n) is 9.99. The molecule has 1 atom stereocenters. The molecule has 0 aliphatic heterocycles. The van der Waals surface area contributed by atoms with Gasteiger partial charge in [-0.3, -0.25) is 0 Å². The lowest BCUT2D eigenvalue weighted by Crippen LogP contribution is -2.17. The van der Waals surface area contributed by atoms with Crippen molar-refractivity contribution in [2.75, 3.05) is 17.7 Å². The predicted molar refractivity (Wildman–Crippen MR) is 67.8 cm³/mol. The van der Waals surface area contributed by atoms with Gasteiger partial charge in [0.2, 0.25) is 0 Å². The van der Waals surface area contributed by atoms with Crippen LogP contribution in [-0.2, 0) is 0 Å². The van der Waals surface area contributed by atoms with Crippen molar-refractivity contribution < 1.29 is 4.74 Å². The van der Waals surface area contributed by atoms with Gasteiger partial charge in [-0.2, -0.15) is 0 Å². The highest BCUT2D eigenvalue weighted by molar-refractivity contribution is 5.59. The van der Waals surface area contributed by atoms with Gasteiger partial charge in [0, 0.05) is 29.5 Å². The summed E-state index contributed by atoms with van der Waals surface area (Å²) in [5.74, 6) is 1.67. The van der Waals surface area contributed by atoms with Crippen molar-refractivity contribution in [3.8, 4) is 5.75 Å². The van der Waals surface area contributed by atoms with E-state index in [2.05, 4.69) is 12.2 Å². The molecule has 0 aromatic heterocycles. The summed E-state index contributed by atoms with van der Waals surface area (Å²) in [6.07, 6.45) is 2.68. The number of benzene rings is 1. The van der Waals surface area contributed by atoms with E-state index in [0.717, 1.165) is 23.0 Å². The summed E-state index contributed by atoms with van der Waals surface area (Å²) in [6, 6.07) is 6.35. The molecule has 1 aromatic carbocycles. The first-order valence-corrected chi connectivity index (χ1v) is 5.99. The lowest BCUT2D eigenvalue weighted by Gasteiger charge is -2.16. The Balaban J connectivity index is 2.06. The van der Waals surface area contributed by atoms with Gasteiger partial charge < -0.3 is 15.8 Å². The maximum atomic E-state index is 5.84. The minimum atomic E-state index is 0.524. The number of nitrogen functional groups attached to an aromatic ring is 1. The third kappa shape index (κ3) is 2.81. The van der Waals surface area contributed by atoms with E-state index in [-0.39, 0.29) is 0 Å². The summed E-state index contributed by atoms with van der Waals surface area (Å²) < 4.78 is 5.47. The van der Waals surface area contributed by atoms with E-state index in [0.29, 0.717) is 12.6 Å². The second-order valence-electron chi connectivity index (χ2n) is 4.49. The zero-order valence-corrected chi connectivity index (χ0v) is 9.99. The van der Waals surface area contributed by atoms with Crippen molar-refractivity contribution in [3.63, 3.8) is 0 Å². The number of nitrogens with two attached hydrogens (primary N) is 1. The Morgan fingerprint density at radius 1 is 1.44 bits per heavy atom. The van der Waals surface area contributed by atoms with Gasteiger partial charge >= 0.3 is 0 Å². The second-order valence-corrected chi connectivity index (χ2v) is 4.49. The van der Waals surface area contributed by atoms with Crippen molar-refractivity contribution in [3.05, 3.63) is 18.2 Å². The minimum absolute atomic E-state index is 0.524. The molecule has 3 N–H and O–H groups in total. The van der Waals surface area contributed by atoms with Crippen LogP contribution in [0, 0.1) is 5.92 Å². The Labute approximate surface area is 97.0 Å². The third-order valence-corrected chi connectivity index (χ3v) is 2.96. The maximum absolute atomic E-state index is 5.84. The van der Waals surface area contributed by atoms with Gasteiger partial charge in [0.25, 0.3) is 0 Å². The van der Waals surface area contributed by atoms with Crippen LogP contribution in [0.3, 0.4) is 0 Å². The van der Waals surface area contributed by atoms with Gasteiger partial charge in [0.05, 0.1) is 6.61 Å². The lowest BCUT2D eigenvalue weighted by atomic mass is 10.2. The third-order valence-electron chi connectivity index (χ3n) is 2.96. The summed E-state index contributed by atoms with van der Waals surface area (Å²) in [6.45, 7) is 4.87. The minimum Gasteiger partial charge on any atom is -0.494 e. The first kappa shape index (κ1) is 11.1. The SMILES string of the molecule is CCOc1cc(N)cc(NC(C)C2CC2)c1. The highest BCUT2D eigenvalue weighted by atomic mass is 16.5. The molecule has 2 rings (SSSR count). The molecule has 3 heteroatoms. The zero-order chi connectivity index (χ0) is 11.5. The fourth-order valence-electron chi connectivity index (χ4n) is 1.93. The average Bonchev–Trinajstić information content (AvgIpc) is 2.99. The van der Waals surface area contributed by atoms with Crippen LogP contribution < -0.4 is 15.8 Å². The summed E-state index contributed by atoms with van der Waals surface area (Å²) >= 11 is 0. The van der Waals surface area contributed by atoms with Crippen molar-refractivity contribution in [1.29, 1.82) is 0 Å². The highest BCUT2D eigenvalue weighted by Crippen LogP contribution is 2.34. The van der Waals surface area contributed by atoms with Crippen molar-refractivity contribution in [1.82, 2.24) is 0 Å². The molecule has 16 heavy (non-hydrogen) atoms. The van der Waals surface area contributed by atoms with E-state index in [4.69, 9.17) is 10.5 Å². The van der Waals surface area contributed by atoms with Crippen molar-refractivity contribution in [2.24, 2.45) is 5.92 Å². The van der Waals surface area contributed by atoms with Crippen LogP contribution in [0.4, 0.5) is 11.4 Å². The lowest BCUT2D eigenvalue weighted by molar-refractivity contribution is 0.340. The predicted octanol–water partition coefficient (Wildman–Crippen LogP) is 2.88. The van der Waals surface area contributed by atoms with Crippen LogP contribution >= 0.6 is 0 Å². The maximum Gasteiger partial charge on any atom is 0.123 e. The van der Waals surface area contributed by atoms with Crippen LogP contribution in [-0.4, -0.2) is 12.6 Å². The van der Waals surface area contributed by atoms with Crippen LogP contribution in [0.2, 0.25) is 0 Å². The molecule has 0 heterocycles. The molecule has 1 unspecified atom stereocenters. The highest BCUT2D eigenvalue weighted by Gasteiger charge is 2.27. The number of hydrogen-bond donors (Lipinski definition) is 2. The van der Waals surface area contributed by atoms with E-state index in [1.54, 1.807) is 0 Å². The Morgan fingerprint density at radius 2 is 2.19 bits per heavy atom. The van der Waals surface area contributed by atoms with E-state index >= 15 is 0 Å². The Hall–Kier alpha value is -1.38. The number of anilines is 2. The molecule has 0 bridgehead atoms. The van der Waals surface area contributed by atoms with Gasteiger partial charge in [-0.1, -0.05) is 0 Å². The van der Waals surface area contributed by atoms with Gasteiger partial charge in [0.15, 0.2) is 0 Å². The Bertz CT molecular complexity index is 361. The molecule has 1 fully saturated rings. The molecule has 0 radical (unpaired) electrons. The molecular formula is C13H20N2O. The van der Waals surface area contributed by atoms with Crippen molar-refractivity contribution >= 4 is 11.4 Å². The summed E-state index contributed by atoms with van der Waals surface area (Å²) in [5.41, 5.74) is 7.64. The van der Waals surface area contributed by atoms with E-state index in [9.17, 15) is 0 Å². The normalized spacial score (nSPS) is 16.9. The number of ether oxygens (including phenoxy) is 1.